The maximum Gasteiger partial charge on any atom is -0.0548 e. The first kappa shape index (κ1) is 12.2. The maximum atomic E-state index is 7.29. The van der Waals surface area contributed by atoms with Crippen molar-refractivity contribution in [3.63, 3.8) is 0 Å². The molecule has 0 aromatic rings. The van der Waals surface area contributed by atoms with Crippen LogP contribution in [0.4, 0.5) is 0 Å². The molecular weight excluding hydrogens is 219 g/mol. The summed E-state index contributed by atoms with van der Waals surface area (Å²) in [4.78, 5) is 0. The third-order valence-corrected chi connectivity index (χ3v) is 1.77. The summed E-state index contributed by atoms with van der Waals surface area (Å²) < 4.78 is 0. The van der Waals surface area contributed by atoms with Crippen molar-refractivity contribution in [2.24, 2.45) is 0 Å². The van der Waals surface area contributed by atoms with E-state index in [0.29, 0.717) is 0 Å². The quantitative estimate of drug-likeness (QED) is 0.569. The van der Waals surface area contributed by atoms with Gasteiger partial charge in [-0.05, 0) is 0 Å². The molecule has 2 atom stereocenters. The molecule has 1 fully saturated rings. The van der Waals surface area contributed by atoms with E-state index in [2.05, 4.69) is 0 Å². The Labute approximate surface area is 84.7 Å². The van der Waals surface area contributed by atoms with E-state index >= 15 is 0 Å². The van der Waals surface area contributed by atoms with Crippen molar-refractivity contribution in [3.8, 4) is 0 Å². The van der Waals surface area contributed by atoms with E-state index in [1.807, 2.05) is 0 Å². The van der Waals surface area contributed by atoms with Crippen LogP contribution in [0.1, 0.15) is 25.7 Å². The average molecular weight is 231 g/mol. The molecule has 1 rings (SSSR count). The van der Waals surface area contributed by atoms with Crippen LogP contribution in [-0.2, 0) is 17.0 Å². The van der Waals surface area contributed by atoms with E-state index in [9.17, 15) is 0 Å². The molecule has 11 heavy (non-hydrogen) atoms. The van der Waals surface area contributed by atoms with Gasteiger partial charge < -0.3 is 11.5 Å². The Morgan fingerprint density at radius 1 is 1.00 bits per heavy atom. The monoisotopic (exact) mass is 230 g/mol. The van der Waals surface area contributed by atoms with Gasteiger partial charge in [-0.15, -0.1) is 0 Å². The van der Waals surface area contributed by atoms with Crippen LogP contribution in [0.5, 0.6) is 0 Å². The van der Waals surface area contributed by atoms with Crippen molar-refractivity contribution < 1.29 is 17.0 Å². The summed E-state index contributed by atoms with van der Waals surface area (Å²) in [5.74, 6) is 0. The molecule has 0 radical (unpaired) electrons. The molecule has 1 saturated carbocycles. The van der Waals surface area contributed by atoms with Crippen LogP contribution < -0.4 is 0 Å². The second-order valence-electron chi connectivity index (χ2n) is 2.57. The predicted octanol–water partition coefficient (Wildman–Crippen LogP) is 3.78. The molecule has 0 amide bonds. The van der Waals surface area contributed by atoms with Gasteiger partial charge in [0.15, 0.2) is 0 Å². The fourth-order valence-electron chi connectivity index (χ4n) is 1.13. The third kappa shape index (κ3) is 6.38. The predicted molar refractivity (Wildman–Crippen MR) is 46.4 cm³/mol. The van der Waals surface area contributed by atoms with Gasteiger partial charge in [-0.1, -0.05) is 25.7 Å². The van der Waals surface area contributed by atoms with Gasteiger partial charge in [0.25, 0.3) is 0 Å². The molecule has 0 aromatic carbocycles. The Hall–Kier alpha value is 1.21. The van der Waals surface area contributed by atoms with Crippen LogP contribution >= 0.6 is 18.6 Å². The second kappa shape index (κ2) is 7.84. The Bertz CT molecular complexity index is 84.7. The maximum absolute atomic E-state index is 7.29. The molecule has 0 aromatic heterocycles. The summed E-state index contributed by atoms with van der Waals surface area (Å²) in [5, 5.41) is 0. The van der Waals surface area contributed by atoms with E-state index in [4.69, 9.17) is 30.1 Å². The minimum Gasteiger partial charge on any atom is -0.676 e. The van der Waals surface area contributed by atoms with E-state index < -0.39 is 17.0 Å². The number of nitrogens with one attached hydrogen (secondary N) is 2. The summed E-state index contributed by atoms with van der Waals surface area (Å²) in [6, 6.07) is -0.160. The van der Waals surface area contributed by atoms with Gasteiger partial charge in [-0.2, -0.15) is 12.1 Å². The number of hydrogen-bond donors (Lipinski definition) is 0. The van der Waals surface area contributed by atoms with Gasteiger partial charge >= 0.3 is 35.6 Å². The van der Waals surface area contributed by atoms with E-state index in [1.165, 1.54) is 12.8 Å². The molecule has 2 N–H and O–H groups in total. The van der Waals surface area contributed by atoms with Crippen LogP contribution in [0, 0.1) is 0 Å². The van der Waals surface area contributed by atoms with Gasteiger partial charge in [0.05, 0.1) is 0 Å². The molecule has 0 heterocycles. The molecule has 0 saturated heterocycles. The van der Waals surface area contributed by atoms with Crippen LogP contribution in [-0.4, -0.2) is 12.1 Å². The average Bonchev–Trinajstić information content (AvgIpc) is 1.97. The molecule has 2 nitrogen and oxygen atoms in total. The van der Waals surface area contributed by atoms with Gasteiger partial charge in [-0.3, -0.25) is 0 Å². The van der Waals surface area contributed by atoms with Gasteiger partial charge in [0, 0.05) is 0 Å². The van der Waals surface area contributed by atoms with Crippen molar-refractivity contribution in [2.45, 2.75) is 37.8 Å². The Balaban J connectivity index is 0.000000292. The topological polar surface area (TPSA) is 47.6 Å². The van der Waals surface area contributed by atoms with Crippen molar-refractivity contribution in [3.05, 3.63) is 11.5 Å². The summed E-state index contributed by atoms with van der Waals surface area (Å²) in [6.07, 6.45) is 4.25. The van der Waals surface area contributed by atoms with Crippen LogP contribution in [0.15, 0.2) is 0 Å². The van der Waals surface area contributed by atoms with E-state index in [-0.39, 0.29) is 12.1 Å². The first-order chi connectivity index (χ1) is 5.22. The van der Waals surface area contributed by atoms with Gasteiger partial charge in [0.1, 0.15) is 0 Å². The van der Waals surface area contributed by atoms with Crippen molar-refractivity contribution in [1.29, 1.82) is 0 Å². The molecule has 5 heteroatoms. The standard InChI is InChI=1S/C6H12N2.2ClH.Ti/c7-5-3-1-2-4-6(5)8;;;/h5-8H,1-4H2;2*1H;/q-2;;;+2/p-2. The SMILES string of the molecule is [Cl][Ti][Cl].[NH-]C1CCCCC1[NH-]. The molecule has 0 aliphatic heterocycles. The Morgan fingerprint density at radius 3 is 1.45 bits per heavy atom. The summed E-state index contributed by atoms with van der Waals surface area (Å²) in [7, 11) is 9.78. The number of rotatable bonds is 0. The van der Waals surface area contributed by atoms with E-state index in [1.54, 1.807) is 0 Å². The Kier molecular flexibility index (Phi) is 8.71. The Morgan fingerprint density at radius 2 is 1.27 bits per heavy atom. The molecule has 1 aliphatic carbocycles. The minimum atomic E-state index is -0.556. The molecule has 0 bridgehead atoms. The van der Waals surface area contributed by atoms with Crippen LogP contribution in [0.25, 0.3) is 11.5 Å². The van der Waals surface area contributed by atoms with Crippen molar-refractivity contribution >= 4 is 18.6 Å². The zero-order valence-corrected chi connectivity index (χ0v) is 9.31. The van der Waals surface area contributed by atoms with Crippen LogP contribution in [0.3, 0.4) is 0 Å². The first-order valence-electron chi connectivity index (χ1n) is 3.61. The van der Waals surface area contributed by atoms with Crippen molar-refractivity contribution in [1.82, 2.24) is 0 Å². The number of halogens is 2. The molecule has 66 valence electrons. The fourth-order valence-corrected chi connectivity index (χ4v) is 1.13. The van der Waals surface area contributed by atoms with Crippen LogP contribution in [0.2, 0.25) is 0 Å². The summed E-state index contributed by atoms with van der Waals surface area (Å²) in [6.45, 7) is 0. The fraction of sp³-hybridized carbons (Fsp3) is 1.00. The third-order valence-electron chi connectivity index (χ3n) is 1.77. The largest absolute Gasteiger partial charge is 0.676 e. The summed E-state index contributed by atoms with van der Waals surface area (Å²) in [5.41, 5.74) is 14.6. The first-order valence-corrected chi connectivity index (χ1v) is 7.90. The smallest absolute Gasteiger partial charge is 0.0548 e. The summed E-state index contributed by atoms with van der Waals surface area (Å²) >= 11 is -0.556. The van der Waals surface area contributed by atoms with Gasteiger partial charge in [-0.25, -0.2) is 0 Å². The molecular formula is C6H12Cl2N2Ti-2. The zero-order valence-electron chi connectivity index (χ0n) is 6.24. The van der Waals surface area contributed by atoms with Crippen molar-refractivity contribution in [2.75, 3.05) is 0 Å². The zero-order chi connectivity index (χ0) is 8.69. The second-order valence-corrected chi connectivity index (χ2v) is 5.15. The molecule has 2 unspecified atom stereocenters. The molecule has 0 spiro atoms. The molecule has 1 aliphatic rings. The van der Waals surface area contributed by atoms with E-state index in [0.717, 1.165) is 12.8 Å². The number of hydrogen-bond acceptors (Lipinski definition) is 0. The van der Waals surface area contributed by atoms with Gasteiger partial charge in [0.2, 0.25) is 0 Å². The normalized spacial score (nSPS) is 30.2. The minimum absolute atomic E-state index is 0.0799.